The molecule has 0 fully saturated rings. The molecule has 7 nitrogen and oxygen atoms in total. The number of hydrogen-bond donors (Lipinski definition) is 3. The lowest BCUT2D eigenvalue weighted by Gasteiger charge is -2.05. The van der Waals surface area contributed by atoms with Crippen molar-refractivity contribution in [3.63, 3.8) is 0 Å². The third kappa shape index (κ3) is 3.48. The number of nitrogens with zero attached hydrogens (tertiary/aromatic N) is 2. The standard InChI is InChI=1S/C18H11BrN4O3/c19-13-6-4-11(5-7-13)17(24)21-16-14(18(25)26)15(22-23-16)12-3-1-2-10(8-12)9-20/h1-8H,(H,25,26)(H2,21,22,23,24). The third-order valence-electron chi connectivity index (χ3n) is 3.60. The topological polar surface area (TPSA) is 119 Å². The van der Waals surface area contributed by atoms with Gasteiger partial charge in [0.05, 0.1) is 17.3 Å². The molecule has 1 aromatic heterocycles. The Balaban J connectivity index is 1.97. The Labute approximate surface area is 156 Å². The fourth-order valence-corrected chi connectivity index (χ4v) is 2.64. The normalized spacial score (nSPS) is 10.2. The first-order chi connectivity index (χ1) is 12.5. The van der Waals surface area contributed by atoms with E-state index in [2.05, 4.69) is 31.4 Å². The number of benzene rings is 2. The summed E-state index contributed by atoms with van der Waals surface area (Å²) in [5.41, 5.74) is 1.26. The maximum absolute atomic E-state index is 12.3. The molecule has 3 N–H and O–H groups in total. The molecule has 0 unspecified atom stereocenters. The van der Waals surface area contributed by atoms with Crippen molar-refractivity contribution < 1.29 is 14.7 Å². The SMILES string of the molecule is N#Cc1cccc(-c2[nH]nc(NC(=O)c3ccc(Br)cc3)c2C(=O)O)c1. The highest BCUT2D eigenvalue weighted by Crippen LogP contribution is 2.28. The molecule has 0 aliphatic heterocycles. The van der Waals surface area contributed by atoms with Gasteiger partial charge in [-0.25, -0.2) is 4.79 Å². The molecule has 1 amide bonds. The zero-order valence-corrected chi connectivity index (χ0v) is 14.7. The largest absolute Gasteiger partial charge is 0.477 e. The lowest BCUT2D eigenvalue weighted by atomic mass is 10.0. The minimum atomic E-state index is -1.25. The van der Waals surface area contributed by atoms with E-state index in [1.165, 1.54) is 0 Å². The van der Waals surface area contributed by atoms with E-state index in [1.807, 2.05) is 6.07 Å². The van der Waals surface area contributed by atoms with Crippen LogP contribution in [0, 0.1) is 11.3 Å². The highest BCUT2D eigenvalue weighted by atomic mass is 79.9. The number of nitrogens with one attached hydrogen (secondary N) is 2. The Bertz CT molecular complexity index is 1040. The summed E-state index contributed by atoms with van der Waals surface area (Å²) in [7, 11) is 0. The van der Waals surface area contributed by atoms with Gasteiger partial charge in [-0.2, -0.15) is 10.4 Å². The number of halogens is 1. The Morgan fingerprint density at radius 1 is 1.19 bits per heavy atom. The number of amides is 1. The van der Waals surface area contributed by atoms with Crippen molar-refractivity contribution in [2.45, 2.75) is 0 Å². The fourth-order valence-electron chi connectivity index (χ4n) is 2.37. The maximum atomic E-state index is 12.3. The molecule has 0 aliphatic rings. The summed E-state index contributed by atoms with van der Waals surface area (Å²) >= 11 is 3.28. The van der Waals surface area contributed by atoms with Crippen LogP contribution in [0.4, 0.5) is 5.82 Å². The van der Waals surface area contributed by atoms with Gasteiger partial charge in [0.2, 0.25) is 0 Å². The summed E-state index contributed by atoms with van der Waals surface area (Å²) in [6.45, 7) is 0. The third-order valence-corrected chi connectivity index (χ3v) is 4.13. The van der Waals surface area contributed by atoms with Gasteiger partial charge in [0.25, 0.3) is 5.91 Å². The van der Waals surface area contributed by atoms with Crippen molar-refractivity contribution >= 4 is 33.6 Å². The van der Waals surface area contributed by atoms with E-state index < -0.39 is 11.9 Å². The Morgan fingerprint density at radius 3 is 2.58 bits per heavy atom. The van der Waals surface area contributed by atoms with Crippen LogP contribution in [0.25, 0.3) is 11.3 Å². The fraction of sp³-hybridized carbons (Fsp3) is 0. The Kier molecular flexibility index (Phi) is 4.82. The number of carbonyl (C=O) groups excluding carboxylic acids is 1. The number of aromatic nitrogens is 2. The molecule has 0 saturated heterocycles. The molecular formula is C18H11BrN4O3. The molecule has 2 aromatic carbocycles. The van der Waals surface area contributed by atoms with Gasteiger partial charge >= 0.3 is 5.97 Å². The smallest absolute Gasteiger partial charge is 0.341 e. The number of anilines is 1. The van der Waals surface area contributed by atoms with Crippen LogP contribution in [0.2, 0.25) is 0 Å². The van der Waals surface area contributed by atoms with Crippen LogP contribution in [-0.4, -0.2) is 27.2 Å². The predicted molar refractivity (Wildman–Crippen MR) is 97.8 cm³/mol. The zero-order chi connectivity index (χ0) is 18.7. The van der Waals surface area contributed by atoms with Gasteiger partial charge in [0, 0.05) is 15.6 Å². The second-order valence-corrected chi connectivity index (χ2v) is 6.20. The van der Waals surface area contributed by atoms with Crippen molar-refractivity contribution in [2.24, 2.45) is 0 Å². The Morgan fingerprint density at radius 2 is 1.92 bits per heavy atom. The quantitative estimate of drug-likeness (QED) is 0.606. The molecule has 0 saturated carbocycles. The first-order valence-electron chi connectivity index (χ1n) is 7.38. The number of aromatic amines is 1. The highest BCUT2D eigenvalue weighted by molar-refractivity contribution is 9.10. The lowest BCUT2D eigenvalue weighted by Crippen LogP contribution is -2.14. The van der Waals surface area contributed by atoms with Crippen LogP contribution in [0.15, 0.2) is 53.0 Å². The van der Waals surface area contributed by atoms with Crippen molar-refractivity contribution in [1.29, 1.82) is 5.26 Å². The molecule has 0 radical (unpaired) electrons. The second kappa shape index (κ2) is 7.21. The molecule has 3 aromatic rings. The van der Waals surface area contributed by atoms with Gasteiger partial charge < -0.3 is 10.4 Å². The predicted octanol–water partition coefficient (Wildman–Crippen LogP) is 3.66. The molecule has 1 heterocycles. The monoisotopic (exact) mass is 410 g/mol. The van der Waals surface area contributed by atoms with Crippen LogP contribution >= 0.6 is 15.9 Å². The number of H-pyrrole nitrogens is 1. The van der Waals surface area contributed by atoms with E-state index in [0.717, 1.165) is 4.47 Å². The van der Waals surface area contributed by atoms with E-state index in [0.29, 0.717) is 16.7 Å². The molecule has 128 valence electrons. The van der Waals surface area contributed by atoms with Crippen molar-refractivity contribution in [2.75, 3.05) is 5.32 Å². The molecule has 0 atom stereocenters. The maximum Gasteiger partial charge on any atom is 0.341 e. The van der Waals surface area contributed by atoms with Gasteiger partial charge in [0.1, 0.15) is 5.56 Å². The van der Waals surface area contributed by atoms with Crippen molar-refractivity contribution in [3.8, 4) is 17.3 Å². The molecule has 0 spiro atoms. The minimum Gasteiger partial charge on any atom is -0.477 e. The van der Waals surface area contributed by atoms with Crippen LogP contribution in [0.5, 0.6) is 0 Å². The van der Waals surface area contributed by atoms with E-state index in [-0.39, 0.29) is 17.1 Å². The lowest BCUT2D eigenvalue weighted by molar-refractivity contribution is 0.0699. The van der Waals surface area contributed by atoms with E-state index in [9.17, 15) is 14.7 Å². The summed E-state index contributed by atoms with van der Waals surface area (Å²) in [4.78, 5) is 24.0. The average molecular weight is 411 g/mol. The highest BCUT2D eigenvalue weighted by Gasteiger charge is 2.23. The molecule has 8 heteroatoms. The number of nitriles is 1. The summed E-state index contributed by atoms with van der Waals surface area (Å²) < 4.78 is 0.819. The van der Waals surface area contributed by atoms with Gasteiger partial charge in [-0.05, 0) is 36.4 Å². The second-order valence-electron chi connectivity index (χ2n) is 5.28. The zero-order valence-electron chi connectivity index (χ0n) is 13.2. The molecule has 3 rings (SSSR count). The van der Waals surface area contributed by atoms with E-state index in [4.69, 9.17) is 5.26 Å². The van der Waals surface area contributed by atoms with Crippen LogP contribution in [0.3, 0.4) is 0 Å². The summed E-state index contributed by atoms with van der Waals surface area (Å²) in [5, 5.41) is 27.6. The molecule has 0 aliphatic carbocycles. The van der Waals surface area contributed by atoms with Gasteiger partial charge in [-0.1, -0.05) is 28.1 Å². The van der Waals surface area contributed by atoms with E-state index in [1.54, 1.807) is 48.5 Å². The van der Waals surface area contributed by atoms with Gasteiger partial charge in [0.15, 0.2) is 5.82 Å². The van der Waals surface area contributed by atoms with Crippen LogP contribution in [0.1, 0.15) is 26.3 Å². The molecule has 26 heavy (non-hydrogen) atoms. The molecular weight excluding hydrogens is 400 g/mol. The first-order valence-corrected chi connectivity index (χ1v) is 8.18. The van der Waals surface area contributed by atoms with Gasteiger partial charge in [-0.15, -0.1) is 0 Å². The number of rotatable bonds is 4. The summed E-state index contributed by atoms with van der Waals surface area (Å²) in [5.74, 6) is -1.83. The minimum absolute atomic E-state index is 0.0946. The number of hydrogen-bond acceptors (Lipinski definition) is 4. The van der Waals surface area contributed by atoms with Crippen molar-refractivity contribution in [3.05, 3.63) is 69.7 Å². The average Bonchev–Trinajstić information content (AvgIpc) is 3.06. The van der Waals surface area contributed by atoms with E-state index >= 15 is 0 Å². The van der Waals surface area contributed by atoms with Gasteiger partial charge in [-0.3, -0.25) is 9.89 Å². The Hall–Kier alpha value is -3.44. The number of aromatic carboxylic acids is 1. The number of carboxylic acid groups (broad SMARTS) is 1. The van der Waals surface area contributed by atoms with Crippen LogP contribution in [-0.2, 0) is 0 Å². The molecule has 0 bridgehead atoms. The number of carboxylic acids is 1. The number of carbonyl (C=O) groups is 2. The summed E-state index contributed by atoms with van der Waals surface area (Å²) in [6, 6.07) is 15.0. The summed E-state index contributed by atoms with van der Waals surface area (Å²) in [6.07, 6.45) is 0. The first kappa shape index (κ1) is 17.4. The van der Waals surface area contributed by atoms with Crippen LogP contribution < -0.4 is 5.32 Å². The van der Waals surface area contributed by atoms with Crippen molar-refractivity contribution in [1.82, 2.24) is 10.2 Å².